The van der Waals surface area contributed by atoms with Gasteiger partial charge in [0, 0.05) is 23.0 Å². The van der Waals surface area contributed by atoms with Crippen molar-refractivity contribution >= 4 is 23.4 Å². The number of amides is 2. The molecule has 0 radical (unpaired) electrons. The van der Waals surface area contributed by atoms with Gasteiger partial charge in [-0.25, -0.2) is 0 Å². The summed E-state index contributed by atoms with van der Waals surface area (Å²) >= 11 is 6.05. The Labute approximate surface area is 195 Å². The third-order valence-electron chi connectivity index (χ3n) is 6.75. The first-order chi connectivity index (χ1) is 15.1. The van der Waals surface area contributed by atoms with Crippen LogP contribution in [0, 0.1) is 0 Å². The summed E-state index contributed by atoms with van der Waals surface area (Å²) < 4.78 is 1.72. The van der Waals surface area contributed by atoms with E-state index in [-0.39, 0.29) is 23.3 Å². The Morgan fingerprint density at radius 2 is 1.84 bits per heavy atom. The molecule has 7 heteroatoms. The zero-order valence-electron chi connectivity index (χ0n) is 19.4. The number of carbonyl (C=O) groups is 2. The van der Waals surface area contributed by atoms with Gasteiger partial charge in [0.15, 0.2) is 0 Å². The number of hydrogen-bond acceptors (Lipinski definition) is 3. The van der Waals surface area contributed by atoms with Crippen LogP contribution in [-0.4, -0.2) is 38.1 Å². The number of hydrogen-bond donors (Lipinski definition) is 1. The second-order valence-corrected chi connectivity index (χ2v) is 10.9. The average molecular weight is 457 g/mol. The van der Waals surface area contributed by atoms with E-state index >= 15 is 0 Å². The minimum atomic E-state index is -1.04. The summed E-state index contributed by atoms with van der Waals surface area (Å²) in [6, 6.07) is 9.47. The molecule has 1 atom stereocenters. The Balaban J connectivity index is 1.70. The second-order valence-electron chi connectivity index (χ2n) is 10.4. The van der Waals surface area contributed by atoms with E-state index in [1.807, 2.05) is 37.3 Å². The van der Waals surface area contributed by atoms with Gasteiger partial charge in [-0.05, 0) is 43.5 Å². The summed E-state index contributed by atoms with van der Waals surface area (Å²) in [5.74, 6) is -0.277. The van der Waals surface area contributed by atoms with Crippen molar-refractivity contribution in [3.8, 4) is 0 Å². The normalized spacial score (nSPS) is 22.0. The molecule has 2 aliphatic rings. The van der Waals surface area contributed by atoms with Gasteiger partial charge in [-0.15, -0.1) is 0 Å². The van der Waals surface area contributed by atoms with E-state index in [1.54, 1.807) is 9.58 Å². The van der Waals surface area contributed by atoms with Crippen molar-refractivity contribution in [2.75, 3.05) is 0 Å². The molecule has 2 aromatic rings. The third-order valence-corrected chi connectivity index (χ3v) is 7.00. The number of nitrogens with zero attached hydrogens (tertiary/aromatic N) is 3. The van der Waals surface area contributed by atoms with E-state index in [4.69, 9.17) is 16.7 Å². The van der Waals surface area contributed by atoms with Crippen LogP contribution in [-0.2, 0) is 23.3 Å². The molecule has 2 heterocycles. The molecule has 1 aromatic heterocycles. The Bertz CT molecular complexity index is 1000. The molecule has 1 fully saturated rings. The lowest BCUT2D eigenvalue weighted by Gasteiger charge is -2.44. The Morgan fingerprint density at radius 3 is 2.47 bits per heavy atom. The Kier molecular flexibility index (Phi) is 6.10. The number of rotatable bonds is 4. The molecule has 4 rings (SSSR count). The number of carbonyl (C=O) groups excluding carboxylic acids is 2. The van der Waals surface area contributed by atoms with E-state index in [9.17, 15) is 9.59 Å². The summed E-state index contributed by atoms with van der Waals surface area (Å²) in [4.78, 5) is 29.0. The van der Waals surface area contributed by atoms with Crippen LogP contribution in [0.25, 0.3) is 0 Å². The highest BCUT2D eigenvalue weighted by molar-refractivity contribution is 6.30. The predicted octanol–water partition coefficient (Wildman–Crippen LogP) is 4.70. The van der Waals surface area contributed by atoms with Crippen molar-refractivity contribution in [3.05, 3.63) is 52.3 Å². The maximum absolute atomic E-state index is 13.7. The fourth-order valence-corrected chi connectivity index (χ4v) is 4.74. The van der Waals surface area contributed by atoms with Gasteiger partial charge in [0.1, 0.15) is 11.2 Å². The smallest absolute Gasteiger partial charge is 0.273 e. The first kappa shape index (κ1) is 22.8. The molecule has 1 aromatic carbocycles. The predicted molar refractivity (Wildman–Crippen MR) is 126 cm³/mol. The fraction of sp³-hybridized carbons (Fsp3) is 0.560. The van der Waals surface area contributed by atoms with Crippen LogP contribution >= 0.6 is 11.6 Å². The van der Waals surface area contributed by atoms with Gasteiger partial charge in [0.25, 0.3) is 5.91 Å². The van der Waals surface area contributed by atoms with Crippen LogP contribution < -0.4 is 5.32 Å². The van der Waals surface area contributed by atoms with Crippen molar-refractivity contribution in [3.63, 3.8) is 0 Å². The number of halogens is 1. The number of fused-ring (bicyclic) bond motifs is 1. The van der Waals surface area contributed by atoms with Gasteiger partial charge in [-0.3, -0.25) is 14.3 Å². The number of aromatic nitrogens is 2. The molecule has 0 saturated heterocycles. The zero-order valence-corrected chi connectivity index (χ0v) is 20.2. The molecule has 0 unspecified atom stereocenters. The molecular weight excluding hydrogens is 424 g/mol. The third kappa shape index (κ3) is 4.42. The lowest BCUT2D eigenvalue weighted by atomic mass is 9.90. The topological polar surface area (TPSA) is 67.2 Å². The van der Waals surface area contributed by atoms with E-state index in [0.717, 1.165) is 36.9 Å². The second kappa shape index (κ2) is 8.54. The zero-order chi connectivity index (χ0) is 23.1. The lowest BCUT2D eigenvalue weighted by Crippen LogP contribution is -2.64. The van der Waals surface area contributed by atoms with Gasteiger partial charge >= 0.3 is 0 Å². The van der Waals surface area contributed by atoms with Crippen molar-refractivity contribution in [1.82, 2.24) is 20.0 Å². The molecule has 1 aliphatic carbocycles. The first-order valence-corrected chi connectivity index (χ1v) is 11.9. The van der Waals surface area contributed by atoms with Gasteiger partial charge in [-0.2, -0.15) is 5.10 Å². The highest BCUT2D eigenvalue weighted by atomic mass is 35.5. The quantitative estimate of drug-likeness (QED) is 0.725. The number of benzene rings is 1. The van der Waals surface area contributed by atoms with Crippen LogP contribution in [0.1, 0.15) is 81.5 Å². The number of nitrogens with one attached hydrogen (secondary N) is 1. The first-order valence-electron chi connectivity index (χ1n) is 11.5. The van der Waals surface area contributed by atoms with Crippen molar-refractivity contribution in [2.45, 2.75) is 89.9 Å². The Morgan fingerprint density at radius 1 is 1.19 bits per heavy atom. The molecule has 32 heavy (non-hydrogen) atoms. The molecule has 6 nitrogen and oxygen atoms in total. The highest BCUT2D eigenvalue weighted by Crippen LogP contribution is 2.32. The molecular formula is C25H33ClN4O2. The molecule has 172 valence electrons. The maximum Gasteiger partial charge on any atom is 0.273 e. The summed E-state index contributed by atoms with van der Waals surface area (Å²) in [5, 5.41) is 8.61. The summed E-state index contributed by atoms with van der Waals surface area (Å²) in [7, 11) is 0. The van der Waals surface area contributed by atoms with Crippen LogP contribution in [0.15, 0.2) is 30.3 Å². The van der Waals surface area contributed by atoms with Crippen LogP contribution in [0.4, 0.5) is 0 Å². The molecule has 1 aliphatic heterocycles. The minimum absolute atomic E-state index is 0.106. The Hall–Kier alpha value is -2.34. The lowest BCUT2D eigenvalue weighted by molar-refractivity contribution is -0.134. The maximum atomic E-state index is 13.7. The van der Waals surface area contributed by atoms with Gasteiger partial charge in [-0.1, -0.05) is 63.8 Å². The van der Waals surface area contributed by atoms with Gasteiger partial charge < -0.3 is 10.2 Å². The highest BCUT2D eigenvalue weighted by Gasteiger charge is 2.48. The average Bonchev–Trinajstić information content (AvgIpc) is 3.18. The van der Waals surface area contributed by atoms with E-state index in [0.29, 0.717) is 23.8 Å². The van der Waals surface area contributed by atoms with E-state index in [2.05, 4.69) is 26.1 Å². The SMILES string of the molecule is CC(C)(C)c1cc2n(n1)C[C@](C)(C(=O)NC1CCCCC1)N(Cc1ccc(Cl)cc1)C2=O. The van der Waals surface area contributed by atoms with E-state index < -0.39 is 5.54 Å². The largest absolute Gasteiger partial charge is 0.351 e. The van der Waals surface area contributed by atoms with Gasteiger partial charge in [0.2, 0.25) is 5.91 Å². The molecule has 1 saturated carbocycles. The molecule has 0 bridgehead atoms. The minimum Gasteiger partial charge on any atom is -0.351 e. The van der Waals surface area contributed by atoms with Crippen LogP contribution in [0.5, 0.6) is 0 Å². The standard InChI is InChI=1S/C25H33ClN4O2/c1-24(2,3)21-14-20-22(31)29(15-17-10-12-18(26)13-11-17)25(4,16-30(20)28-21)23(32)27-19-8-6-5-7-9-19/h10-14,19H,5-9,15-16H2,1-4H3,(H,27,32)/t25-/m1/s1. The summed E-state index contributed by atoms with van der Waals surface area (Å²) in [5.41, 5.74) is 1.09. The van der Waals surface area contributed by atoms with Crippen molar-refractivity contribution < 1.29 is 9.59 Å². The van der Waals surface area contributed by atoms with Crippen molar-refractivity contribution in [1.29, 1.82) is 0 Å². The van der Waals surface area contributed by atoms with Crippen molar-refractivity contribution in [2.24, 2.45) is 0 Å². The molecule has 2 amide bonds. The summed E-state index contributed by atoms with van der Waals surface area (Å²) in [6.45, 7) is 8.75. The van der Waals surface area contributed by atoms with E-state index in [1.165, 1.54) is 6.42 Å². The van der Waals surface area contributed by atoms with Gasteiger partial charge in [0.05, 0.1) is 12.2 Å². The fourth-order valence-electron chi connectivity index (χ4n) is 4.62. The van der Waals surface area contributed by atoms with Crippen LogP contribution in [0.3, 0.4) is 0 Å². The molecule has 1 N–H and O–H groups in total. The summed E-state index contributed by atoms with van der Waals surface area (Å²) in [6.07, 6.45) is 5.47. The van der Waals surface area contributed by atoms with Crippen LogP contribution in [0.2, 0.25) is 5.02 Å². The molecule has 0 spiro atoms. The monoisotopic (exact) mass is 456 g/mol.